The SMILES string of the molecule is O=S(=O)(Cl)c1ccccc1CN1CCCCC1. The molecule has 0 saturated carbocycles. The Kier molecular flexibility index (Phi) is 4.07. The second-order valence-electron chi connectivity index (χ2n) is 4.38. The molecule has 1 aromatic rings. The number of hydrogen-bond acceptors (Lipinski definition) is 3. The van der Waals surface area contributed by atoms with Crippen molar-refractivity contribution in [1.29, 1.82) is 0 Å². The molecular weight excluding hydrogens is 258 g/mol. The minimum atomic E-state index is -3.64. The molecule has 0 spiro atoms. The summed E-state index contributed by atoms with van der Waals surface area (Å²) in [5, 5.41) is 0. The van der Waals surface area contributed by atoms with Crippen molar-refractivity contribution < 1.29 is 8.42 Å². The van der Waals surface area contributed by atoms with E-state index in [2.05, 4.69) is 4.90 Å². The Balaban J connectivity index is 2.20. The number of hydrogen-bond donors (Lipinski definition) is 0. The Morgan fingerprint density at radius 1 is 1.12 bits per heavy atom. The Bertz CT molecular complexity index is 481. The summed E-state index contributed by atoms with van der Waals surface area (Å²) in [4.78, 5) is 2.52. The average molecular weight is 274 g/mol. The topological polar surface area (TPSA) is 37.4 Å². The average Bonchev–Trinajstić information content (AvgIpc) is 2.30. The van der Waals surface area contributed by atoms with E-state index in [0.29, 0.717) is 6.54 Å². The van der Waals surface area contributed by atoms with Gasteiger partial charge >= 0.3 is 0 Å². The third kappa shape index (κ3) is 3.44. The summed E-state index contributed by atoms with van der Waals surface area (Å²) < 4.78 is 22.9. The van der Waals surface area contributed by atoms with Gasteiger partial charge in [0.1, 0.15) is 0 Å². The lowest BCUT2D eigenvalue weighted by Gasteiger charge is -2.26. The molecule has 3 nitrogen and oxygen atoms in total. The van der Waals surface area contributed by atoms with Crippen LogP contribution in [-0.2, 0) is 15.6 Å². The van der Waals surface area contributed by atoms with Crippen LogP contribution < -0.4 is 0 Å². The summed E-state index contributed by atoms with van der Waals surface area (Å²) in [6.07, 6.45) is 3.65. The molecule has 1 fully saturated rings. The van der Waals surface area contributed by atoms with Gasteiger partial charge in [0.05, 0.1) is 4.90 Å². The summed E-state index contributed by atoms with van der Waals surface area (Å²) in [5.74, 6) is 0. The maximum atomic E-state index is 11.4. The van der Waals surface area contributed by atoms with Crippen molar-refractivity contribution >= 4 is 19.7 Å². The fraction of sp³-hybridized carbons (Fsp3) is 0.500. The second-order valence-corrected chi connectivity index (χ2v) is 6.92. The number of nitrogens with zero attached hydrogens (tertiary/aromatic N) is 1. The quantitative estimate of drug-likeness (QED) is 0.795. The molecule has 94 valence electrons. The Morgan fingerprint density at radius 3 is 2.41 bits per heavy atom. The first-order chi connectivity index (χ1) is 8.07. The summed E-state index contributed by atoms with van der Waals surface area (Å²) in [6.45, 7) is 2.75. The van der Waals surface area contributed by atoms with E-state index >= 15 is 0 Å². The van der Waals surface area contributed by atoms with Gasteiger partial charge in [0.2, 0.25) is 0 Å². The van der Waals surface area contributed by atoms with E-state index in [0.717, 1.165) is 18.7 Å². The third-order valence-electron chi connectivity index (χ3n) is 3.08. The predicted octanol–water partition coefficient (Wildman–Crippen LogP) is 2.60. The lowest BCUT2D eigenvalue weighted by atomic mass is 10.1. The maximum Gasteiger partial charge on any atom is 0.261 e. The molecule has 17 heavy (non-hydrogen) atoms. The molecule has 0 bridgehead atoms. The van der Waals surface area contributed by atoms with E-state index in [-0.39, 0.29) is 4.90 Å². The normalized spacial score (nSPS) is 18.2. The van der Waals surface area contributed by atoms with Gasteiger partial charge < -0.3 is 0 Å². The molecule has 0 atom stereocenters. The molecule has 2 rings (SSSR count). The van der Waals surface area contributed by atoms with Gasteiger partial charge in [0.15, 0.2) is 0 Å². The largest absolute Gasteiger partial charge is 0.299 e. The maximum absolute atomic E-state index is 11.4. The first-order valence-electron chi connectivity index (χ1n) is 5.82. The van der Waals surface area contributed by atoms with Gasteiger partial charge in [-0.15, -0.1) is 0 Å². The molecule has 0 N–H and O–H groups in total. The number of likely N-dealkylation sites (tertiary alicyclic amines) is 1. The molecule has 0 unspecified atom stereocenters. The van der Waals surface area contributed by atoms with E-state index in [4.69, 9.17) is 10.7 Å². The van der Waals surface area contributed by atoms with Gasteiger partial charge in [0, 0.05) is 17.2 Å². The molecule has 1 aliphatic heterocycles. The summed E-state index contributed by atoms with van der Waals surface area (Å²) >= 11 is 0. The van der Waals surface area contributed by atoms with Crippen LogP contribution in [0.2, 0.25) is 0 Å². The molecule has 1 saturated heterocycles. The van der Waals surface area contributed by atoms with Crippen molar-refractivity contribution in [1.82, 2.24) is 4.90 Å². The molecule has 0 aliphatic carbocycles. The molecule has 5 heteroatoms. The highest BCUT2D eigenvalue weighted by molar-refractivity contribution is 8.13. The molecule has 1 heterocycles. The van der Waals surface area contributed by atoms with Crippen LogP contribution in [0.5, 0.6) is 0 Å². The zero-order chi connectivity index (χ0) is 12.3. The Morgan fingerprint density at radius 2 is 1.76 bits per heavy atom. The van der Waals surface area contributed by atoms with Crippen LogP contribution in [0.1, 0.15) is 24.8 Å². The van der Waals surface area contributed by atoms with Gasteiger partial charge in [-0.2, -0.15) is 0 Å². The predicted molar refractivity (Wildman–Crippen MR) is 68.6 cm³/mol. The van der Waals surface area contributed by atoms with Crippen LogP contribution >= 0.6 is 10.7 Å². The minimum absolute atomic E-state index is 0.243. The van der Waals surface area contributed by atoms with Crippen LogP contribution in [0.15, 0.2) is 29.2 Å². The van der Waals surface area contributed by atoms with E-state index in [1.165, 1.54) is 19.3 Å². The van der Waals surface area contributed by atoms with Crippen molar-refractivity contribution in [2.75, 3.05) is 13.1 Å². The van der Waals surface area contributed by atoms with Crippen LogP contribution in [0, 0.1) is 0 Å². The van der Waals surface area contributed by atoms with E-state index in [1.54, 1.807) is 12.1 Å². The fourth-order valence-electron chi connectivity index (χ4n) is 2.23. The lowest BCUT2D eigenvalue weighted by Crippen LogP contribution is -2.29. The van der Waals surface area contributed by atoms with E-state index in [9.17, 15) is 8.42 Å². The Labute approximate surface area is 107 Å². The second kappa shape index (κ2) is 5.38. The highest BCUT2D eigenvalue weighted by Crippen LogP contribution is 2.22. The van der Waals surface area contributed by atoms with Crippen LogP contribution in [-0.4, -0.2) is 26.4 Å². The fourth-order valence-corrected chi connectivity index (χ4v) is 3.37. The summed E-state index contributed by atoms with van der Waals surface area (Å²) in [5.41, 5.74) is 0.796. The van der Waals surface area contributed by atoms with Gasteiger partial charge in [-0.05, 0) is 37.6 Å². The van der Waals surface area contributed by atoms with Crippen LogP contribution in [0.4, 0.5) is 0 Å². The first kappa shape index (κ1) is 12.9. The standard InChI is InChI=1S/C12H16ClNO2S/c13-17(15,16)12-7-3-2-6-11(12)10-14-8-4-1-5-9-14/h2-3,6-7H,1,4-5,8-10H2. The number of rotatable bonds is 3. The molecule has 1 aliphatic rings. The van der Waals surface area contributed by atoms with Crippen molar-refractivity contribution in [2.24, 2.45) is 0 Å². The number of halogens is 1. The Hall–Kier alpha value is -0.580. The number of benzene rings is 1. The monoisotopic (exact) mass is 273 g/mol. The van der Waals surface area contributed by atoms with Crippen LogP contribution in [0.3, 0.4) is 0 Å². The smallest absolute Gasteiger partial charge is 0.261 e. The zero-order valence-corrected chi connectivity index (χ0v) is 11.2. The highest BCUT2D eigenvalue weighted by atomic mass is 35.7. The van der Waals surface area contributed by atoms with Gasteiger partial charge in [-0.1, -0.05) is 24.6 Å². The van der Waals surface area contributed by atoms with Crippen molar-refractivity contribution in [2.45, 2.75) is 30.7 Å². The first-order valence-corrected chi connectivity index (χ1v) is 8.13. The van der Waals surface area contributed by atoms with Crippen molar-refractivity contribution in [3.63, 3.8) is 0 Å². The third-order valence-corrected chi connectivity index (χ3v) is 4.50. The van der Waals surface area contributed by atoms with Crippen molar-refractivity contribution in [3.8, 4) is 0 Å². The summed E-state index contributed by atoms with van der Waals surface area (Å²) in [6, 6.07) is 6.96. The molecular formula is C12H16ClNO2S. The van der Waals surface area contributed by atoms with Gasteiger partial charge in [-0.25, -0.2) is 8.42 Å². The molecule has 1 aromatic carbocycles. The molecule has 0 aromatic heterocycles. The van der Waals surface area contributed by atoms with E-state index in [1.807, 2.05) is 12.1 Å². The molecule has 0 amide bonds. The zero-order valence-electron chi connectivity index (χ0n) is 9.60. The van der Waals surface area contributed by atoms with Crippen molar-refractivity contribution in [3.05, 3.63) is 29.8 Å². The van der Waals surface area contributed by atoms with E-state index < -0.39 is 9.05 Å². The summed E-state index contributed by atoms with van der Waals surface area (Å²) in [7, 11) is 1.80. The van der Waals surface area contributed by atoms with Gasteiger partial charge in [0.25, 0.3) is 9.05 Å². The minimum Gasteiger partial charge on any atom is -0.299 e. The molecule has 0 radical (unpaired) electrons. The lowest BCUT2D eigenvalue weighted by molar-refractivity contribution is 0.219. The van der Waals surface area contributed by atoms with Crippen LogP contribution in [0.25, 0.3) is 0 Å². The van der Waals surface area contributed by atoms with Gasteiger partial charge in [-0.3, -0.25) is 4.90 Å². The highest BCUT2D eigenvalue weighted by Gasteiger charge is 2.18. The number of piperidine rings is 1.